The van der Waals surface area contributed by atoms with Gasteiger partial charge in [-0.25, -0.2) is 4.68 Å². The molecule has 0 radical (unpaired) electrons. The van der Waals surface area contributed by atoms with Gasteiger partial charge in [0.2, 0.25) is 17.7 Å². The minimum atomic E-state index is -0.362. The minimum Gasteiger partial charge on any atom is -0.339 e. The van der Waals surface area contributed by atoms with Gasteiger partial charge in [0.15, 0.2) is 6.29 Å². The molecule has 154 valence electrons. The standard InChI is InChI=1S/C19H30N6O3/c1-12-11-17(27)21-19(20-12)25-14(3)16(13(2)22-25)5-6-18(28)24-9-7-23(8-10-24)15(4)26/h12,19-20H,5-11H2,1-4H3,(H,21,27). The molecule has 1 aromatic rings. The van der Waals surface area contributed by atoms with Crippen molar-refractivity contribution in [1.29, 1.82) is 0 Å². The number of carbonyl (C=O) groups is 3. The van der Waals surface area contributed by atoms with Crippen LogP contribution in [0.3, 0.4) is 0 Å². The third kappa shape index (κ3) is 4.35. The van der Waals surface area contributed by atoms with Crippen LogP contribution in [0.5, 0.6) is 0 Å². The summed E-state index contributed by atoms with van der Waals surface area (Å²) in [5.41, 5.74) is 2.88. The highest BCUT2D eigenvalue weighted by Gasteiger charge is 2.27. The number of nitrogens with zero attached hydrogens (tertiary/aromatic N) is 4. The maximum absolute atomic E-state index is 12.6. The third-order valence-electron chi connectivity index (χ3n) is 5.62. The van der Waals surface area contributed by atoms with E-state index >= 15 is 0 Å². The lowest BCUT2D eigenvalue weighted by molar-refractivity contribution is -0.138. The predicted octanol–water partition coefficient (Wildman–Crippen LogP) is 0.0773. The van der Waals surface area contributed by atoms with E-state index in [-0.39, 0.29) is 30.1 Å². The van der Waals surface area contributed by atoms with Gasteiger partial charge in [-0.1, -0.05) is 0 Å². The molecule has 0 saturated carbocycles. The number of aryl methyl sites for hydroxylation is 1. The fraction of sp³-hybridized carbons (Fsp3) is 0.684. The number of amides is 3. The molecule has 9 nitrogen and oxygen atoms in total. The van der Waals surface area contributed by atoms with E-state index in [0.717, 1.165) is 17.0 Å². The van der Waals surface area contributed by atoms with Gasteiger partial charge in [0.1, 0.15) is 0 Å². The van der Waals surface area contributed by atoms with E-state index in [0.29, 0.717) is 45.4 Å². The molecule has 0 spiro atoms. The fourth-order valence-corrected chi connectivity index (χ4v) is 3.96. The lowest BCUT2D eigenvalue weighted by Gasteiger charge is -2.34. The van der Waals surface area contributed by atoms with Gasteiger partial charge in [-0.15, -0.1) is 0 Å². The van der Waals surface area contributed by atoms with Crippen molar-refractivity contribution in [3.8, 4) is 0 Å². The first-order valence-electron chi connectivity index (χ1n) is 9.89. The minimum absolute atomic E-state index is 0.00485. The Labute approximate surface area is 165 Å². The molecule has 0 aromatic carbocycles. The van der Waals surface area contributed by atoms with Crippen LogP contribution < -0.4 is 10.6 Å². The molecule has 9 heteroatoms. The monoisotopic (exact) mass is 390 g/mol. The van der Waals surface area contributed by atoms with Crippen molar-refractivity contribution < 1.29 is 14.4 Å². The molecule has 2 fully saturated rings. The number of nitrogens with one attached hydrogen (secondary N) is 2. The Morgan fingerprint density at radius 1 is 1.14 bits per heavy atom. The summed E-state index contributed by atoms with van der Waals surface area (Å²) < 4.78 is 1.80. The zero-order chi connectivity index (χ0) is 20.4. The van der Waals surface area contributed by atoms with Gasteiger partial charge >= 0.3 is 0 Å². The molecule has 2 unspecified atom stereocenters. The first kappa shape index (κ1) is 20.3. The molecule has 28 heavy (non-hydrogen) atoms. The van der Waals surface area contributed by atoms with E-state index in [1.807, 2.05) is 25.7 Å². The van der Waals surface area contributed by atoms with Gasteiger partial charge in [0.25, 0.3) is 0 Å². The first-order chi connectivity index (χ1) is 13.3. The molecule has 0 bridgehead atoms. The van der Waals surface area contributed by atoms with Crippen molar-refractivity contribution in [1.82, 2.24) is 30.2 Å². The van der Waals surface area contributed by atoms with Gasteiger partial charge in [-0.2, -0.15) is 5.10 Å². The second kappa shape index (κ2) is 8.30. The molecule has 3 amide bonds. The van der Waals surface area contributed by atoms with Gasteiger partial charge in [0, 0.05) is 57.7 Å². The zero-order valence-corrected chi connectivity index (χ0v) is 17.1. The average Bonchev–Trinajstić information content (AvgIpc) is 2.93. The molecule has 1 aromatic heterocycles. The van der Waals surface area contributed by atoms with Crippen LogP contribution in [-0.2, 0) is 20.8 Å². The number of piperazine rings is 1. The van der Waals surface area contributed by atoms with Gasteiger partial charge in [-0.05, 0) is 32.8 Å². The number of aromatic nitrogens is 2. The summed E-state index contributed by atoms with van der Waals surface area (Å²) in [6, 6.07) is 0.0846. The smallest absolute Gasteiger partial charge is 0.224 e. The second-order valence-corrected chi connectivity index (χ2v) is 7.72. The molecule has 3 heterocycles. The Bertz CT molecular complexity index is 766. The summed E-state index contributed by atoms with van der Waals surface area (Å²) in [7, 11) is 0. The first-order valence-corrected chi connectivity index (χ1v) is 9.89. The summed E-state index contributed by atoms with van der Waals surface area (Å²) in [5.74, 6) is 0.168. The van der Waals surface area contributed by atoms with Crippen LogP contribution in [0, 0.1) is 13.8 Å². The van der Waals surface area contributed by atoms with Crippen molar-refractivity contribution in [2.45, 2.75) is 59.3 Å². The summed E-state index contributed by atoms with van der Waals surface area (Å²) in [6.45, 7) is 9.82. The molecule has 3 rings (SSSR count). The fourth-order valence-electron chi connectivity index (χ4n) is 3.96. The third-order valence-corrected chi connectivity index (χ3v) is 5.62. The van der Waals surface area contributed by atoms with Crippen molar-refractivity contribution in [2.75, 3.05) is 26.2 Å². The number of rotatable bonds is 4. The number of carbonyl (C=O) groups excluding carboxylic acids is 3. The molecule has 0 aliphatic carbocycles. The van der Waals surface area contributed by atoms with Crippen molar-refractivity contribution in [3.05, 3.63) is 17.0 Å². The van der Waals surface area contributed by atoms with Gasteiger partial charge < -0.3 is 15.1 Å². The van der Waals surface area contributed by atoms with Crippen LogP contribution in [0.4, 0.5) is 0 Å². The van der Waals surface area contributed by atoms with Crippen molar-refractivity contribution in [2.24, 2.45) is 0 Å². The van der Waals surface area contributed by atoms with E-state index in [1.165, 1.54) is 0 Å². The van der Waals surface area contributed by atoms with Gasteiger partial charge in [-0.3, -0.25) is 19.7 Å². The summed E-state index contributed by atoms with van der Waals surface area (Å²) in [5, 5.41) is 10.8. The normalized spacial score (nSPS) is 22.9. The molecular formula is C19H30N6O3. The van der Waals surface area contributed by atoms with Crippen LogP contribution in [-0.4, -0.2) is 69.5 Å². The molecular weight excluding hydrogens is 360 g/mol. The van der Waals surface area contributed by atoms with Crippen molar-refractivity contribution in [3.63, 3.8) is 0 Å². The zero-order valence-electron chi connectivity index (χ0n) is 17.1. The molecule has 2 atom stereocenters. The Morgan fingerprint density at radius 3 is 2.39 bits per heavy atom. The van der Waals surface area contributed by atoms with E-state index in [4.69, 9.17) is 0 Å². The largest absolute Gasteiger partial charge is 0.339 e. The molecule has 2 N–H and O–H groups in total. The van der Waals surface area contributed by atoms with Crippen LogP contribution in [0.15, 0.2) is 0 Å². The summed E-state index contributed by atoms with van der Waals surface area (Å²) in [6.07, 6.45) is 1.11. The van der Waals surface area contributed by atoms with E-state index in [1.54, 1.807) is 16.5 Å². The highest BCUT2D eigenvalue weighted by Crippen LogP contribution is 2.20. The Hall–Kier alpha value is -2.42. The van der Waals surface area contributed by atoms with E-state index < -0.39 is 0 Å². The Balaban J connectivity index is 1.61. The Morgan fingerprint density at radius 2 is 1.79 bits per heavy atom. The summed E-state index contributed by atoms with van der Waals surface area (Å²) >= 11 is 0. The van der Waals surface area contributed by atoms with E-state index in [9.17, 15) is 14.4 Å². The molecule has 2 aliphatic rings. The maximum atomic E-state index is 12.6. The SMILES string of the molecule is CC(=O)N1CCN(C(=O)CCc2c(C)nn(C3NC(=O)CC(C)N3)c2C)CC1. The maximum Gasteiger partial charge on any atom is 0.224 e. The highest BCUT2D eigenvalue weighted by molar-refractivity contribution is 5.78. The summed E-state index contributed by atoms with van der Waals surface area (Å²) in [4.78, 5) is 39.5. The number of hydrogen-bond acceptors (Lipinski definition) is 5. The lowest BCUT2D eigenvalue weighted by Crippen LogP contribution is -2.52. The van der Waals surface area contributed by atoms with Crippen LogP contribution in [0.2, 0.25) is 0 Å². The lowest BCUT2D eigenvalue weighted by atomic mass is 10.1. The molecule has 2 aliphatic heterocycles. The van der Waals surface area contributed by atoms with Crippen molar-refractivity contribution >= 4 is 17.7 Å². The second-order valence-electron chi connectivity index (χ2n) is 7.72. The van der Waals surface area contributed by atoms with Crippen LogP contribution in [0.25, 0.3) is 0 Å². The quantitative estimate of drug-likeness (QED) is 0.758. The number of hydrogen-bond donors (Lipinski definition) is 2. The Kier molecular flexibility index (Phi) is 6.02. The van der Waals surface area contributed by atoms with Crippen LogP contribution in [0.1, 0.15) is 49.9 Å². The van der Waals surface area contributed by atoms with E-state index in [2.05, 4.69) is 15.7 Å². The highest BCUT2D eigenvalue weighted by atomic mass is 16.2. The predicted molar refractivity (Wildman–Crippen MR) is 103 cm³/mol. The molecule has 2 saturated heterocycles. The average molecular weight is 390 g/mol. The van der Waals surface area contributed by atoms with Crippen LogP contribution >= 0.6 is 0 Å². The topological polar surface area (TPSA) is 99.6 Å². The van der Waals surface area contributed by atoms with Gasteiger partial charge in [0.05, 0.1) is 5.69 Å².